The summed E-state index contributed by atoms with van der Waals surface area (Å²) >= 11 is 3.22. The Bertz CT molecular complexity index is 728. The van der Waals surface area contributed by atoms with Gasteiger partial charge in [0.05, 0.1) is 5.57 Å². The van der Waals surface area contributed by atoms with Gasteiger partial charge in [-0.25, -0.2) is 4.98 Å². The quantitative estimate of drug-likeness (QED) is 0.690. The monoisotopic (exact) mass is 398 g/mol. The fraction of sp³-hybridized carbons (Fsp3) is 0.176. The van der Waals surface area contributed by atoms with Crippen LogP contribution in [0, 0.1) is 0 Å². The molecule has 1 amide bonds. The summed E-state index contributed by atoms with van der Waals surface area (Å²) in [7, 11) is 0. The van der Waals surface area contributed by atoms with Gasteiger partial charge < -0.3 is 0 Å². The first-order valence-corrected chi connectivity index (χ1v) is 7.89. The molecule has 0 atom stereocenters. The lowest BCUT2D eigenvalue weighted by Gasteiger charge is -2.19. The first kappa shape index (κ1) is 18.2. The van der Waals surface area contributed by atoms with Gasteiger partial charge in [-0.05, 0) is 40.5 Å². The Morgan fingerprint density at radius 3 is 2.38 bits per heavy atom. The highest BCUT2D eigenvalue weighted by atomic mass is 79.9. The number of nitrogens with zero attached hydrogens (tertiary/aromatic N) is 2. The van der Waals surface area contributed by atoms with Crippen molar-refractivity contribution in [2.45, 2.75) is 13.1 Å². The maximum atomic E-state index is 13.3. The summed E-state index contributed by atoms with van der Waals surface area (Å²) < 4.78 is 40.7. The van der Waals surface area contributed by atoms with Crippen LogP contribution in [0.15, 0.2) is 59.2 Å². The van der Waals surface area contributed by atoms with Crippen LogP contribution in [0.4, 0.5) is 19.0 Å². The van der Waals surface area contributed by atoms with Crippen molar-refractivity contribution < 1.29 is 18.0 Å². The average Bonchev–Trinajstić information content (AvgIpc) is 2.55. The molecule has 0 unspecified atom stereocenters. The summed E-state index contributed by atoms with van der Waals surface area (Å²) in [5, 5.41) is 0. The predicted molar refractivity (Wildman–Crippen MR) is 90.4 cm³/mol. The summed E-state index contributed by atoms with van der Waals surface area (Å²) in [5.41, 5.74) is -1.04. The van der Waals surface area contributed by atoms with E-state index in [-0.39, 0.29) is 17.9 Å². The van der Waals surface area contributed by atoms with Crippen LogP contribution in [0.3, 0.4) is 0 Å². The minimum atomic E-state index is -4.64. The lowest BCUT2D eigenvalue weighted by atomic mass is 10.0. The summed E-state index contributed by atoms with van der Waals surface area (Å²) in [4.78, 5) is 17.6. The number of rotatable bonds is 4. The van der Waals surface area contributed by atoms with Crippen LogP contribution >= 0.6 is 15.9 Å². The number of hydrogen-bond donors (Lipinski definition) is 0. The standard InChI is InChI=1S/C17H14BrF3N2O/c1-2-23(15-9-8-13(18)11-22-15)16(24)10-14(17(19,20)21)12-6-4-3-5-7-12/h3-11H,2H2,1H3/b14-10-. The van der Waals surface area contributed by atoms with E-state index in [1.54, 1.807) is 25.1 Å². The fourth-order valence-corrected chi connectivity index (χ4v) is 2.34. The van der Waals surface area contributed by atoms with E-state index >= 15 is 0 Å². The molecule has 0 fully saturated rings. The molecule has 126 valence electrons. The van der Waals surface area contributed by atoms with Crippen LogP contribution in [0.5, 0.6) is 0 Å². The molecule has 2 aromatic rings. The van der Waals surface area contributed by atoms with Crippen LogP contribution in [-0.2, 0) is 4.79 Å². The van der Waals surface area contributed by atoms with E-state index in [1.165, 1.54) is 35.4 Å². The van der Waals surface area contributed by atoms with Gasteiger partial charge in [0.2, 0.25) is 0 Å². The Labute approximate surface area is 145 Å². The Balaban J connectivity index is 2.40. The lowest BCUT2D eigenvalue weighted by molar-refractivity contribution is -0.114. The third-order valence-corrected chi connectivity index (χ3v) is 3.70. The SMILES string of the molecule is CCN(C(=O)/C=C(/c1ccccc1)C(F)(F)F)c1ccc(Br)cn1. The van der Waals surface area contributed by atoms with E-state index in [1.807, 2.05) is 0 Å². The highest BCUT2D eigenvalue weighted by Gasteiger charge is 2.35. The van der Waals surface area contributed by atoms with Crippen molar-refractivity contribution in [3.63, 3.8) is 0 Å². The molecular weight excluding hydrogens is 385 g/mol. The van der Waals surface area contributed by atoms with Gasteiger partial charge in [0.15, 0.2) is 0 Å². The summed E-state index contributed by atoms with van der Waals surface area (Å²) in [6.45, 7) is 1.87. The van der Waals surface area contributed by atoms with Gasteiger partial charge in [0.1, 0.15) is 5.82 Å². The number of aromatic nitrogens is 1. The van der Waals surface area contributed by atoms with Crippen molar-refractivity contribution in [2.24, 2.45) is 0 Å². The number of hydrogen-bond acceptors (Lipinski definition) is 2. The second-order valence-electron chi connectivity index (χ2n) is 4.84. The van der Waals surface area contributed by atoms with E-state index in [2.05, 4.69) is 20.9 Å². The number of carbonyl (C=O) groups excluding carboxylic acids is 1. The average molecular weight is 399 g/mol. The van der Waals surface area contributed by atoms with Crippen molar-refractivity contribution in [3.05, 3.63) is 64.8 Å². The van der Waals surface area contributed by atoms with Crippen LogP contribution < -0.4 is 4.90 Å². The molecule has 0 aliphatic heterocycles. The molecule has 1 aromatic carbocycles. The Kier molecular flexibility index (Phi) is 5.77. The minimum absolute atomic E-state index is 0.0573. The second kappa shape index (κ2) is 7.61. The van der Waals surface area contributed by atoms with Gasteiger partial charge in [-0.15, -0.1) is 0 Å². The fourth-order valence-electron chi connectivity index (χ4n) is 2.11. The molecule has 7 heteroatoms. The zero-order valence-electron chi connectivity index (χ0n) is 12.7. The highest BCUT2D eigenvalue weighted by Crippen LogP contribution is 2.34. The molecule has 0 aliphatic rings. The van der Waals surface area contributed by atoms with Gasteiger partial charge in [0.25, 0.3) is 5.91 Å². The summed E-state index contributed by atoms with van der Waals surface area (Å²) in [6, 6.07) is 10.5. The smallest absolute Gasteiger partial charge is 0.293 e. The third kappa shape index (κ3) is 4.44. The predicted octanol–water partition coefficient (Wildman–Crippen LogP) is 4.84. The molecule has 0 spiro atoms. The van der Waals surface area contributed by atoms with E-state index in [0.29, 0.717) is 10.5 Å². The summed E-state index contributed by atoms with van der Waals surface area (Å²) in [5.74, 6) is -0.486. The number of alkyl halides is 3. The Hall–Kier alpha value is -2.15. The van der Waals surface area contributed by atoms with Crippen molar-refractivity contribution in [3.8, 4) is 0 Å². The molecule has 3 nitrogen and oxygen atoms in total. The van der Waals surface area contributed by atoms with Crippen LogP contribution in [0.25, 0.3) is 5.57 Å². The van der Waals surface area contributed by atoms with Crippen molar-refractivity contribution in [1.29, 1.82) is 0 Å². The molecular formula is C17H14BrF3N2O. The number of likely N-dealkylation sites (N-methyl/N-ethyl adjacent to an activating group) is 1. The summed E-state index contributed by atoms with van der Waals surface area (Å²) in [6.07, 6.45) is -2.54. The maximum Gasteiger partial charge on any atom is 0.417 e. The molecule has 24 heavy (non-hydrogen) atoms. The lowest BCUT2D eigenvalue weighted by Crippen LogP contribution is -2.30. The zero-order valence-corrected chi connectivity index (χ0v) is 14.3. The van der Waals surface area contributed by atoms with Crippen LogP contribution in [0.1, 0.15) is 12.5 Å². The third-order valence-electron chi connectivity index (χ3n) is 3.23. The first-order valence-electron chi connectivity index (χ1n) is 7.10. The Morgan fingerprint density at radius 1 is 1.21 bits per heavy atom. The topological polar surface area (TPSA) is 33.2 Å². The minimum Gasteiger partial charge on any atom is -0.293 e. The van der Waals surface area contributed by atoms with Gasteiger partial charge in [-0.1, -0.05) is 30.3 Å². The van der Waals surface area contributed by atoms with Crippen molar-refractivity contribution in [1.82, 2.24) is 4.98 Å². The molecule has 0 saturated heterocycles. The number of allylic oxidation sites excluding steroid dienone is 1. The molecule has 0 radical (unpaired) electrons. The van der Waals surface area contributed by atoms with E-state index in [0.717, 1.165) is 0 Å². The number of carbonyl (C=O) groups is 1. The van der Waals surface area contributed by atoms with E-state index < -0.39 is 17.7 Å². The van der Waals surface area contributed by atoms with Gasteiger partial charge >= 0.3 is 6.18 Å². The molecule has 0 saturated carbocycles. The number of halogens is 4. The van der Waals surface area contributed by atoms with Gasteiger partial charge in [-0.3, -0.25) is 9.69 Å². The second-order valence-corrected chi connectivity index (χ2v) is 5.75. The highest BCUT2D eigenvalue weighted by molar-refractivity contribution is 9.10. The molecule has 1 heterocycles. The zero-order chi connectivity index (χ0) is 17.7. The Morgan fingerprint density at radius 2 is 1.88 bits per heavy atom. The first-order chi connectivity index (χ1) is 11.3. The molecule has 0 N–H and O–H groups in total. The molecule has 0 bridgehead atoms. The molecule has 2 rings (SSSR count). The largest absolute Gasteiger partial charge is 0.417 e. The number of anilines is 1. The van der Waals surface area contributed by atoms with Crippen molar-refractivity contribution >= 4 is 33.2 Å². The van der Waals surface area contributed by atoms with Crippen LogP contribution in [0.2, 0.25) is 0 Å². The maximum absolute atomic E-state index is 13.3. The molecule has 1 aromatic heterocycles. The molecule has 0 aliphatic carbocycles. The van der Waals surface area contributed by atoms with Gasteiger partial charge in [-0.2, -0.15) is 13.2 Å². The van der Waals surface area contributed by atoms with E-state index in [9.17, 15) is 18.0 Å². The van der Waals surface area contributed by atoms with E-state index in [4.69, 9.17) is 0 Å². The van der Waals surface area contributed by atoms with Gasteiger partial charge in [0, 0.05) is 23.3 Å². The number of pyridine rings is 1. The number of benzene rings is 1. The van der Waals surface area contributed by atoms with Crippen LogP contribution in [-0.4, -0.2) is 23.6 Å². The number of amides is 1. The van der Waals surface area contributed by atoms with Crippen molar-refractivity contribution in [2.75, 3.05) is 11.4 Å². The normalized spacial score (nSPS) is 12.1.